The number of nitrogens with zero attached hydrogens (tertiary/aromatic N) is 3. The molecule has 5 nitrogen and oxygen atoms in total. The third kappa shape index (κ3) is 4.66. The van der Waals surface area contributed by atoms with Crippen molar-refractivity contribution in [3.8, 4) is 5.75 Å². The molecule has 2 heterocycles. The first-order chi connectivity index (χ1) is 16.6. The van der Waals surface area contributed by atoms with E-state index in [0.717, 1.165) is 41.1 Å². The summed E-state index contributed by atoms with van der Waals surface area (Å²) in [5.41, 5.74) is 3.23. The molecule has 0 aliphatic carbocycles. The summed E-state index contributed by atoms with van der Waals surface area (Å²) in [4.78, 5) is 20.0. The van der Waals surface area contributed by atoms with Crippen molar-refractivity contribution in [1.82, 2.24) is 14.5 Å². The summed E-state index contributed by atoms with van der Waals surface area (Å²) in [7, 11) is 0. The van der Waals surface area contributed by atoms with Crippen molar-refractivity contribution in [3.05, 3.63) is 95.3 Å². The molecule has 174 valence electrons. The Morgan fingerprint density at radius 1 is 1.03 bits per heavy atom. The number of fused-ring (bicyclic) bond motifs is 1. The van der Waals surface area contributed by atoms with Gasteiger partial charge in [0.15, 0.2) is 0 Å². The second kappa shape index (κ2) is 9.90. The second-order valence-corrected chi connectivity index (χ2v) is 9.24. The summed E-state index contributed by atoms with van der Waals surface area (Å²) in [5, 5.41) is 0.698. The molecule has 4 aromatic rings. The standard InChI is InChI=1S/C28H28ClN3O2/c1-20(21-8-3-2-4-9-21)32-19-22(18-27(32)33)28-30-25-10-5-6-11-26(25)31(28)16-7-17-34-24-14-12-23(29)13-15-24/h2-6,8-15,20,22H,7,16-19H2,1H3. The van der Waals surface area contributed by atoms with Crippen LogP contribution >= 0.6 is 11.6 Å². The van der Waals surface area contributed by atoms with E-state index in [0.29, 0.717) is 24.6 Å². The molecule has 34 heavy (non-hydrogen) atoms. The van der Waals surface area contributed by atoms with E-state index in [4.69, 9.17) is 21.3 Å². The Kier molecular flexibility index (Phi) is 6.54. The number of para-hydroxylation sites is 2. The average molecular weight is 474 g/mol. The Morgan fingerprint density at radius 2 is 1.76 bits per heavy atom. The summed E-state index contributed by atoms with van der Waals surface area (Å²) in [5.74, 6) is 2.06. The number of carbonyl (C=O) groups excluding carboxylic acids is 1. The molecule has 1 aliphatic heterocycles. The quantitative estimate of drug-likeness (QED) is 0.285. The van der Waals surface area contributed by atoms with E-state index in [1.807, 2.05) is 65.6 Å². The number of hydrogen-bond acceptors (Lipinski definition) is 3. The monoisotopic (exact) mass is 473 g/mol. The number of likely N-dealkylation sites (tertiary alicyclic amines) is 1. The Hall–Kier alpha value is -3.31. The lowest BCUT2D eigenvalue weighted by Crippen LogP contribution is -2.28. The maximum absolute atomic E-state index is 13.0. The smallest absolute Gasteiger partial charge is 0.223 e. The molecule has 2 atom stereocenters. The molecular formula is C28H28ClN3O2. The molecule has 0 saturated carbocycles. The molecule has 1 fully saturated rings. The molecular weight excluding hydrogens is 446 g/mol. The van der Waals surface area contributed by atoms with Crippen LogP contribution in [0, 0.1) is 0 Å². The van der Waals surface area contributed by atoms with E-state index in [2.05, 4.69) is 29.7 Å². The van der Waals surface area contributed by atoms with Crippen molar-refractivity contribution in [2.75, 3.05) is 13.2 Å². The average Bonchev–Trinajstić information content (AvgIpc) is 3.43. The lowest BCUT2D eigenvalue weighted by Gasteiger charge is -2.25. The van der Waals surface area contributed by atoms with Crippen LogP contribution in [0.4, 0.5) is 0 Å². The molecule has 2 unspecified atom stereocenters. The van der Waals surface area contributed by atoms with Gasteiger partial charge in [0.25, 0.3) is 0 Å². The van der Waals surface area contributed by atoms with Gasteiger partial charge in [-0.3, -0.25) is 4.79 Å². The maximum Gasteiger partial charge on any atom is 0.223 e. The third-order valence-electron chi connectivity index (χ3n) is 6.57. The SMILES string of the molecule is CC(c1ccccc1)N1CC(c2nc3ccccc3n2CCCOc2ccc(Cl)cc2)CC1=O. The summed E-state index contributed by atoms with van der Waals surface area (Å²) >= 11 is 5.96. The first-order valence-corrected chi connectivity index (χ1v) is 12.2. The van der Waals surface area contributed by atoms with Gasteiger partial charge in [-0.05, 0) is 55.3 Å². The summed E-state index contributed by atoms with van der Waals surface area (Å²) in [6.45, 7) is 4.16. The fraction of sp³-hybridized carbons (Fsp3) is 0.286. The van der Waals surface area contributed by atoms with Crippen LogP contribution in [0.15, 0.2) is 78.9 Å². The molecule has 0 radical (unpaired) electrons. The third-order valence-corrected chi connectivity index (χ3v) is 6.82. The van der Waals surface area contributed by atoms with Crippen molar-refractivity contribution in [1.29, 1.82) is 0 Å². The van der Waals surface area contributed by atoms with Gasteiger partial charge in [-0.2, -0.15) is 0 Å². The number of rotatable bonds is 8. The molecule has 1 saturated heterocycles. The predicted molar refractivity (Wildman–Crippen MR) is 135 cm³/mol. The van der Waals surface area contributed by atoms with Crippen LogP contribution in [0.25, 0.3) is 11.0 Å². The van der Waals surface area contributed by atoms with Crippen LogP contribution < -0.4 is 4.74 Å². The Bertz CT molecular complexity index is 1270. The number of aromatic nitrogens is 2. The Labute approximate surface area is 204 Å². The highest BCUT2D eigenvalue weighted by atomic mass is 35.5. The molecule has 5 rings (SSSR count). The number of hydrogen-bond donors (Lipinski definition) is 0. The van der Waals surface area contributed by atoms with Gasteiger partial charge in [0.05, 0.1) is 23.7 Å². The minimum Gasteiger partial charge on any atom is -0.494 e. The molecule has 0 N–H and O–H groups in total. The minimum atomic E-state index is 0.0457. The van der Waals surface area contributed by atoms with Crippen LogP contribution in [-0.4, -0.2) is 33.5 Å². The molecule has 0 spiro atoms. The van der Waals surface area contributed by atoms with Crippen molar-refractivity contribution in [2.45, 2.75) is 38.3 Å². The fourth-order valence-electron chi connectivity index (χ4n) is 4.77. The maximum atomic E-state index is 13.0. The first-order valence-electron chi connectivity index (χ1n) is 11.8. The van der Waals surface area contributed by atoms with Gasteiger partial charge in [0, 0.05) is 30.5 Å². The van der Waals surface area contributed by atoms with Crippen molar-refractivity contribution >= 4 is 28.5 Å². The molecule has 1 aliphatic rings. The van der Waals surface area contributed by atoms with E-state index < -0.39 is 0 Å². The summed E-state index contributed by atoms with van der Waals surface area (Å²) < 4.78 is 8.17. The summed E-state index contributed by atoms with van der Waals surface area (Å²) in [6, 6.07) is 25.9. The van der Waals surface area contributed by atoms with E-state index in [1.54, 1.807) is 0 Å². The number of benzene rings is 3. The van der Waals surface area contributed by atoms with Crippen molar-refractivity contribution in [2.24, 2.45) is 0 Å². The normalized spacial score (nSPS) is 16.8. The zero-order chi connectivity index (χ0) is 23.5. The number of aryl methyl sites for hydroxylation is 1. The number of ether oxygens (including phenoxy) is 1. The number of halogens is 1. The van der Waals surface area contributed by atoms with Gasteiger partial charge in [-0.1, -0.05) is 54.1 Å². The summed E-state index contributed by atoms with van der Waals surface area (Å²) in [6.07, 6.45) is 1.32. The molecule has 1 aromatic heterocycles. The van der Waals surface area contributed by atoms with E-state index >= 15 is 0 Å². The molecule has 3 aromatic carbocycles. The second-order valence-electron chi connectivity index (χ2n) is 8.80. The first kappa shape index (κ1) is 22.5. The number of imidazole rings is 1. The highest BCUT2D eigenvalue weighted by Gasteiger charge is 2.36. The lowest BCUT2D eigenvalue weighted by molar-refractivity contribution is -0.129. The zero-order valence-electron chi connectivity index (χ0n) is 19.2. The number of carbonyl (C=O) groups is 1. The fourth-order valence-corrected chi connectivity index (χ4v) is 4.90. The van der Waals surface area contributed by atoms with Crippen molar-refractivity contribution in [3.63, 3.8) is 0 Å². The Balaban J connectivity index is 1.32. The molecule has 0 bridgehead atoms. The van der Waals surface area contributed by atoms with Gasteiger partial charge in [0.1, 0.15) is 11.6 Å². The van der Waals surface area contributed by atoms with Gasteiger partial charge < -0.3 is 14.2 Å². The van der Waals surface area contributed by atoms with Gasteiger partial charge in [-0.25, -0.2) is 4.98 Å². The van der Waals surface area contributed by atoms with Gasteiger partial charge in [-0.15, -0.1) is 0 Å². The Morgan fingerprint density at radius 3 is 2.56 bits per heavy atom. The zero-order valence-corrected chi connectivity index (χ0v) is 20.0. The molecule has 6 heteroatoms. The van der Waals surface area contributed by atoms with E-state index in [-0.39, 0.29) is 17.9 Å². The highest BCUT2D eigenvalue weighted by Crippen LogP contribution is 2.35. The lowest BCUT2D eigenvalue weighted by atomic mass is 10.1. The van der Waals surface area contributed by atoms with Crippen LogP contribution in [0.5, 0.6) is 5.75 Å². The predicted octanol–water partition coefficient (Wildman–Crippen LogP) is 6.24. The minimum absolute atomic E-state index is 0.0457. The highest BCUT2D eigenvalue weighted by molar-refractivity contribution is 6.30. The largest absolute Gasteiger partial charge is 0.494 e. The van der Waals surface area contributed by atoms with Crippen LogP contribution in [-0.2, 0) is 11.3 Å². The van der Waals surface area contributed by atoms with Crippen molar-refractivity contribution < 1.29 is 9.53 Å². The molecule has 1 amide bonds. The van der Waals surface area contributed by atoms with Crippen LogP contribution in [0.1, 0.15) is 43.1 Å². The topological polar surface area (TPSA) is 47.4 Å². The van der Waals surface area contributed by atoms with Gasteiger partial charge >= 0.3 is 0 Å². The van der Waals surface area contributed by atoms with E-state index in [9.17, 15) is 4.79 Å². The van der Waals surface area contributed by atoms with Crippen LogP contribution in [0.2, 0.25) is 5.02 Å². The van der Waals surface area contributed by atoms with Gasteiger partial charge in [0.2, 0.25) is 5.91 Å². The van der Waals surface area contributed by atoms with Crippen LogP contribution in [0.3, 0.4) is 0 Å². The number of amides is 1. The van der Waals surface area contributed by atoms with E-state index in [1.165, 1.54) is 0 Å².